The Morgan fingerprint density at radius 2 is 2.32 bits per heavy atom. The summed E-state index contributed by atoms with van der Waals surface area (Å²) in [7, 11) is 0. The molecule has 1 saturated heterocycles. The number of nitrogens with one attached hydrogen (secondary N) is 1. The molecular formula is C19H19Cl2N5OS. The van der Waals surface area contributed by atoms with Crippen LogP contribution in [0.5, 0.6) is 0 Å². The molecule has 9 heteroatoms. The smallest absolute Gasteiger partial charge is 0.143 e. The van der Waals surface area contributed by atoms with Crippen LogP contribution in [0.25, 0.3) is 11.1 Å². The van der Waals surface area contributed by atoms with E-state index in [4.69, 9.17) is 39.1 Å². The Balaban J connectivity index is 2.22. The van der Waals surface area contributed by atoms with Crippen molar-refractivity contribution in [2.45, 2.75) is 19.4 Å². The van der Waals surface area contributed by atoms with Gasteiger partial charge in [-0.25, -0.2) is 4.99 Å². The number of nitrogens with two attached hydrogens (primary N) is 1. The number of morpholine rings is 1. The Morgan fingerprint density at radius 3 is 2.96 bits per heavy atom. The van der Waals surface area contributed by atoms with Gasteiger partial charge in [0.1, 0.15) is 23.2 Å². The van der Waals surface area contributed by atoms with E-state index in [1.807, 2.05) is 0 Å². The van der Waals surface area contributed by atoms with Crippen LogP contribution in [0.1, 0.15) is 23.8 Å². The third kappa shape index (κ3) is 4.01. The third-order valence-corrected chi connectivity index (χ3v) is 6.34. The van der Waals surface area contributed by atoms with Crippen LogP contribution in [0, 0.1) is 16.7 Å². The quantitative estimate of drug-likeness (QED) is 0.532. The van der Waals surface area contributed by atoms with Gasteiger partial charge in [0.05, 0.1) is 23.2 Å². The summed E-state index contributed by atoms with van der Waals surface area (Å²) in [6.07, 6.45) is 1.89. The van der Waals surface area contributed by atoms with E-state index in [0.717, 1.165) is 17.8 Å². The summed E-state index contributed by atoms with van der Waals surface area (Å²) in [5.74, 6) is 0.170. The fourth-order valence-electron chi connectivity index (χ4n) is 3.15. The first-order valence-corrected chi connectivity index (χ1v) is 10.3. The molecule has 0 bridgehead atoms. The van der Waals surface area contributed by atoms with E-state index in [-0.39, 0.29) is 11.9 Å². The lowest BCUT2D eigenvalue weighted by Gasteiger charge is -2.33. The molecule has 0 amide bonds. The van der Waals surface area contributed by atoms with Crippen LogP contribution in [0.4, 0.5) is 5.00 Å². The van der Waals surface area contributed by atoms with Crippen molar-refractivity contribution in [3.63, 3.8) is 0 Å². The number of halogens is 2. The van der Waals surface area contributed by atoms with E-state index in [1.54, 1.807) is 18.2 Å². The minimum atomic E-state index is 0.112. The van der Waals surface area contributed by atoms with Crippen LogP contribution in [0.3, 0.4) is 0 Å². The molecule has 3 rings (SSSR count). The zero-order valence-electron chi connectivity index (χ0n) is 15.2. The van der Waals surface area contributed by atoms with Crippen molar-refractivity contribution in [2.75, 3.05) is 24.6 Å². The number of nitrogens with zero attached hydrogens (tertiary/aromatic N) is 3. The average molecular weight is 436 g/mol. The van der Waals surface area contributed by atoms with E-state index in [0.29, 0.717) is 51.3 Å². The van der Waals surface area contributed by atoms with E-state index < -0.39 is 0 Å². The molecule has 1 aromatic carbocycles. The summed E-state index contributed by atoms with van der Waals surface area (Å²) in [6.45, 7) is 4.05. The molecule has 28 heavy (non-hydrogen) atoms. The normalized spacial score (nSPS) is 17.4. The Hall–Kier alpha value is -2.11. The molecule has 0 aliphatic carbocycles. The second kappa shape index (κ2) is 8.93. The second-order valence-corrected chi connectivity index (χ2v) is 8.06. The minimum Gasteiger partial charge on any atom is -0.382 e. The molecule has 2 heterocycles. The van der Waals surface area contributed by atoms with E-state index in [9.17, 15) is 5.26 Å². The molecule has 1 aliphatic heterocycles. The van der Waals surface area contributed by atoms with Gasteiger partial charge in [0.15, 0.2) is 0 Å². The van der Waals surface area contributed by atoms with Crippen molar-refractivity contribution in [3.05, 3.63) is 38.7 Å². The number of benzene rings is 1. The van der Waals surface area contributed by atoms with Crippen LogP contribution < -0.4 is 10.6 Å². The maximum Gasteiger partial charge on any atom is 0.143 e. The zero-order valence-corrected chi connectivity index (χ0v) is 17.5. The van der Waals surface area contributed by atoms with Gasteiger partial charge in [-0.05, 0) is 18.6 Å². The van der Waals surface area contributed by atoms with Crippen molar-refractivity contribution >= 4 is 51.7 Å². The summed E-state index contributed by atoms with van der Waals surface area (Å²) < 4.78 is 5.76. The maximum atomic E-state index is 9.99. The molecule has 6 nitrogen and oxygen atoms in total. The molecule has 2 aromatic rings. The van der Waals surface area contributed by atoms with Crippen molar-refractivity contribution in [2.24, 2.45) is 10.7 Å². The highest BCUT2D eigenvalue weighted by molar-refractivity contribution is 7.19. The number of amidine groups is 1. The summed E-state index contributed by atoms with van der Waals surface area (Å²) in [5, 5.41) is 19.0. The Kier molecular flexibility index (Phi) is 6.57. The molecule has 1 aliphatic rings. The van der Waals surface area contributed by atoms with Crippen molar-refractivity contribution in [1.82, 2.24) is 0 Å². The van der Waals surface area contributed by atoms with Crippen LogP contribution in [0.15, 0.2) is 23.2 Å². The minimum absolute atomic E-state index is 0.112. The molecule has 146 valence electrons. The lowest BCUT2D eigenvalue weighted by atomic mass is 10.0. The first-order chi connectivity index (χ1) is 13.5. The maximum absolute atomic E-state index is 9.99. The number of anilines is 1. The third-order valence-electron chi connectivity index (χ3n) is 4.52. The molecule has 0 saturated carbocycles. The number of ether oxygens (including phenoxy) is 1. The molecule has 0 radical (unpaired) electrons. The number of nitriles is 1. The molecule has 3 N–H and O–H groups in total. The summed E-state index contributed by atoms with van der Waals surface area (Å²) in [6, 6.07) is 7.44. The highest BCUT2D eigenvalue weighted by Crippen LogP contribution is 2.44. The molecule has 1 aromatic heterocycles. The fourth-order valence-corrected chi connectivity index (χ4v) is 4.87. The molecule has 0 unspecified atom stereocenters. The number of rotatable bonds is 5. The van der Waals surface area contributed by atoms with Gasteiger partial charge >= 0.3 is 0 Å². The first kappa shape index (κ1) is 20.6. The first-order valence-electron chi connectivity index (χ1n) is 8.71. The fraction of sp³-hybridized carbons (Fsp3) is 0.316. The molecule has 0 spiro atoms. The van der Waals surface area contributed by atoms with Crippen molar-refractivity contribution in [3.8, 4) is 17.2 Å². The summed E-state index contributed by atoms with van der Waals surface area (Å²) in [5.41, 5.74) is 7.89. The average Bonchev–Trinajstić information content (AvgIpc) is 3.07. The van der Waals surface area contributed by atoms with Crippen molar-refractivity contribution < 1.29 is 4.74 Å². The topological polar surface area (TPSA) is 98.5 Å². The van der Waals surface area contributed by atoms with Gasteiger partial charge in [-0.15, -0.1) is 11.3 Å². The van der Waals surface area contributed by atoms with Gasteiger partial charge < -0.3 is 15.4 Å². The predicted octanol–water partition coefficient (Wildman–Crippen LogP) is 4.52. The Bertz CT molecular complexity index is 966. The monoisotopic (exact) mass is 435 g/mol. The number of thiophene rings is 1. The van der Waals surface area contributed by atoms with Gasteiger partial charge in [-0.3, -0.25) is 5.41 Å². The van der Waals surface area contributed by atoms with E-state index >= 15 is 0 Å². The van der Waals surface area contributed by atoms with Crippen molar-refractivity contribution in [1.29, 1.82) is 10.7 Å². The predicted molar refractivity (Wildman–Crippen MR) is 116 cm³/mol. The Morgan fingerprint density at radius 1 is 1.54 bits per heavy atom. The summed E-state index contributed by atoms with van der Waals surface area (Å²) >= 11 is 13.9. The van der Waals surface area contributed by atoms with Crippen LogP contribution in [-0.4, -0.2) is 38.0 Å². The zero-order chi connectivity index (χ0) is 20.3. The van der Waals surface area contributed by atoms with Gasteiger partial charge in [0.25, 0.3) is 0 Å². The number of hydrogen-bond donors (Lipinski definition) is 2. The summed E-state index contributed by atoms with van der Waals surface area (Å²) in [4.78, 5) is 6.68. The lowest BCUT2D eigenvalue weighted by Crippen LogP contribution is -2.42. The largest absolute Gasteiger partial charge is 0.382 e. The van der Waals surface area contributed by atoms with Crippen LogP contribution >= 0.6 is 34.5 Å². The second-order valence-electron chi connectivity index (χ2n) is 6.21. The molecular weight excluding hydrogens is 417 g/mol. The van der Waals surface area contributed by atoms with E-state index in [2.05, 4.69) is 22.9 Å². The standard InChI is InChI=1S/C19H19Cl2N5OS/c1-2-12-9-26(5-6-27-12)19-14(8-22)16(17(28-19)18(24)25-10-23)13-4-3-11(20)7-15(13)21/h3-4,7,10,12H,2,5-6,9H2,1H3,(H3,23,24,25)/t12-/m0/s1. The highest BCUT2D eigenvalue weighted by Gasteiger charge is 2.29. The van der Waals surface area contributed by atoms with Crippen LogP contribution in [0.2, 0.25) is 10.0 Å². The number of hydrogen-bond acceptors (Lipinski definition) is 5. The SMILES string of the molecule is CC[C@H]1CN(c2sc(C(N)=NC=N)c(-c3ccc(Cl)cc3Cl)c2C#N)CCO1. The molecule has 1 fully saturated rings. The van der Waals surface area contributed by atoms with Gasteiger partial charge in [0.2, 0.25) is 0 Å². The van der Waals surface area contributed by atoms with Crippen LogP contribution in [-0.2, 0) is 4.74 Å². The van der Waals surface area contributed by atoms with Gasteiger partial charge in [-0.2, -0.15) is 5.26 Å². The lowest BCUT2D eigenvalue weighted by molar-refractivity contribution is 0.0386. The highest BCUT2D eigenvalue weighted by atomic mass is 35.5. The molecule has 1 atom stereocenters. The van der Waals surface area contributed by atoms with E-state index in [1.165, 1.54) is 11.3 Å². The van der Waals surface area contributed by atoms with Gasteiger partial charge in [-0.1, -0.05) is 36.2 Å². The number of aliphatic imine (C=N–C) groups is 1. The Labute approximate surface area is 177 Å². The van der Waals surface area contributed by atoms with Gasteiger partial charge in [0, 0.05) is 34.3 Å².